The van der Waals surface area contributed by atoms with Crippen LogP contribution >= 0.6 is 12.2 Å². The van der Waals surface area contributed by atoms with E-state index in [1.54, 1.807) is 24.3 Å². The molecule has 0 aliphatic rings. The highest BCUT2D eigenvalue weighted by atomic mass is 32.1. The molecule has 0 saturated carbocycles. The lowest BCUT2D eigenvalue weighted by Crippen LogP contribution is -2.25. The Labute approximate surface area is 178 Å². The molecule has 30 heavy (non-hydrogen) atoms. The number of para-hydroxylation sites is 1. The van der Waals surface area contributed by atoms with Gasteiger partial charge in [0, 0.05) is 6.42 Å². The van der Waals surface area contributed by atoms with Crippen LogP contribution in [0.15, 0.2) is 34.2 Å². The molecular weight excluding hydrogens is 408 g/mol. The zero-order valence-electron chi connectivity index (χ0n) is 16.7. The second kappa shape index (κ2) is 11.8. The fourth-order valence-corrected chi connectivity index (χ4v) is 2.78. The first-order valence-corrected chi connectivity index (χ1v) is 10.1. The number of hydrogen-bond acceptors (Lipinski definition) is 7. The van der Waals surface area contributed by atoms with Gasteiger partial charge in [-0.25, -0.2) is 0 Å². The van der Waals surface area contributed by atoms with Crippen LogP contribution in [0.4, 0.5) is 0 Å². The number of ketones is 1. The molecule has 1 aromatic heterocycles. The molecule has 1 heterocycles. The number of ether oxygens (including phenoxy) is 1. The summed E-state index contributed by atoms with van der Waals surface area (Å²) in [5.41, 5.74) is -0.393. The highest BCUT2D eigenvalue weighted by Crippen LogP contribution is 2.18. The van der Waals surface area contributed by atoms with E-state index >= 15 is 0 Å². The molecule has 0 unspecified atom stereocenters. The van der Waals surface area contributed by atoms with Gasteiger partial charge in [0.15, 0.2) is 0 Å². The molecule has 0 aliphatic carbocycles. The second-order valence-corrected chi connectivity index (χ2v) is 6.89. The average molecular weight is 433 g/mol. The van der Waals surface area contributed by atoms with Gasteiger partial charge in [0.05, 0.1) is 24.8 Å². The minimum Gasteiger partial charge on any atom is -0.493 e. The minimum absolute atomic E-state index is 0.0357. The van der Waals surface area contributed by atoms with Crippen LogP contribution in [-0.4, -0.2) is 44.6 Å². The maximum Gasteiger partial charge on any atom is 0.303 e. The van der Waals surface area contributed by atoms with Crippen LogP contribution in [-0.2, 0) is 11.2 Å². The van der Waals surface area contributed by atoms with E-state index < -0.39 is 17.3 Å². The first kappa shape index (κ1) is 23.1. The minimum atomic E-state index is -1.06. The summed E-state index contributed by atoms with van der Waals surface area (Å²) in [5, 5.41) is 18.8. The predicted molar refractivity (Wildman–Crippen MR) is 114 cm³/mol. The monoisotopic (exact) mass is 432 g/mol. The number of nitrogens with zero attached hydrogens (tertiary/aromatic N) is 3. The van der Waals surface area contributed by atoms with Crippen molar-refractivity contribution in [2.45, 2.75) is 45.4 Å². The number of aromatic amines is 1. The largest absolute Gasteiger partial charge is 0.493 e. The molecule has 2 N–H and O–H groups in total. The van der Waals surface area contributed by atoms with Crippen molar-refractivity contribution in [1.29, 1.82) is 0 Å². The molecule has 1 aromatic carbocycles. The first-order valence-electron chi connectivity index (χ1n) is 9.67. The van der Waals surface area contributed by atoms with E-state index in [0.717, 1.165) is 36.6 Å². The number of carboxylic acids is 1. The maximum atomic E-state index is 12.6. The molecule has 2 rings (SSSR count). The summed E-state index contributed by atoms with van der Waals surface area (Å²) in [6.45, 7) is 2.63. The lowest BCUT2D eigenvalue weighted by atomic mass is 10.1. The van der Waals surface area contributed by atoms with Gasteiger partial charge in [-0.15, -0.1) is 0 Å². The Morgan fingerprint density at radius 2 is 2.07 bits per heavy atom. The van der Waals surface area contributed by atoms with Crippen molar-refractivity contribution in [2.24, 2.45) is 5.10 Å². The van der Waals surface area contributed by atoms with Crippen LogP contribution in [0.3, 0.4) is 0 Å². The van der Waals surface area contributed by atoms with E-state index in [-0.39, 0.29) is 23.3 Å². The lowest BCUT2D eigenvalue weighted by Gasteiger charge is -2.09. The fraction of sp³-hybridized carbons (Fsp3) is 0.400. The first-order chi connectivity index (χ1) is 14.4. The normalized spacial score (nSPS) is 11.0. The van der Waals surface area contributed by atoms with E-state index in [4.69, 9.17) is 22.1 Å². The van der Waals surface area contributed by atoms with Crippen LogP contribution in [0.1, 0.15) is 55.1 Å². The van der Waals surface area contributed by atoms with Gasteiger partial charge in [-0.2, -0.15) is 14.9 Å². The lowest BCUT2D eigenvalue weighted by molar-refractivity contribution is -0.137. The zero-order valence-corrected chi connectivity index (χ0v) is 17.5. The van der Waals surface area contributed by atoms with E-state index in [2.05, 4.69) is 22.2 Å². The summed E-state index contributed by atoms with van der Waals surface area (Å²) in [5.74, 6) is -1.07. The van der Waals surface area contributed by atoms with Gasteiger partial charge in [0.25, 0.3) is 5.56 Å². The summed E-state index contributed by atoms with van der Waals surface area (Å²) in [6.07, 6.45) is 4.83. The SMILES string of the molecule is CCCCCCOc1ccccc1C(=O)/C=N\n1c(=S)[nH]nc(CCC(=O)O)c1=O. The maximum absolute atomic E-state index is 12.6. The number of aromatic nitrogens is 3. The number of hydrogen-bond donors (Lipinski definition) is 2. The summed E-state index contributed by atoms with van der Waals surface area (Å²) in [6, 6.07) is 6.80. The van der Waals surface area contributed by atoms with Gasteiger partial charge in [-0.1, -0.05) is 38.3 Å². The van der Waals surface area contributed by atoms with Gasteiger partial charge in [-0.3, -0.25) is 19.5 Å². The van der Waals surface area contributed by atoms with Crippen LogP contribution in [0, 0.1) is 4.77 Å². The van der Waals surface area contributed by atoms with Crippen molar-refractivity contribution < 1.29 is 19.4 Å². The van der Waals surface area contributed by atoms with Crippen molar-refractivity contribution in [3.63, 3.8) is 0 Å². The van der Waals surface area contributed by atoms with Gasteiger partial charge in [-0.05, 0) is 30.8 Å². The number of carbonyl (C=O) groups excluding carboxylic acids is 1. The molecular formula is C20H24N4O5S. The Hall–Kier alpha value is -3.14. The van der Waals surface area contributed by atoms with Gasteiger partial charge < -0.3 is 9.84 Å². The Morgan fingerprint density at radius 3 is 2.80 bits per heavy atom. The van der Waals surface area contributed by atoms with E-state index in [1.165, 1.54) is 0 Å². The number of carboxylic acid groups (broad SMARTS) is 1. The number of aryl methyl sites for hydroxylation is 1. The molecule has 0 aliphatic heterocycles. The smallest absolute Gasteiger partial charge is 0.303 e. The van der Waals surface area contributed by atoms with Crippen LogP contribution in [0.25, 0.3) is 0 Å². The highest BCUT2D eigenvalue weighted by Gasteiger charge is 2.12. The third-order valence-electron chi connectivity index (χ3n) is 4.19. The number of nitrogens with one attached hydrogen (secondary N) is 1. The molecule has 0 amide bonds. The quantitative estimate of drug-likeness (QED) is 0.228. The summed E-state index contributed by atoms with van der Waals surface area (Å²) < 4.78 is 6.44. The number of Topliss-reactive ketones (excluding diaryl/α,β-unsaturated/α-hetero) is 1. The number of carbonyl (C=O) groups is 2. The van der Waals surface area contributed by atoms with Gasteiger partial charge in [0.2, 0.25) is 10.6 Å². The summed E-state index contributed by atoms with van der Waals surface area (Å²) >= 11 is 5.00. The van der Waals surface area contributed by atoms with Crippen molar-refractivity contribution in [3.05, 3.63) is 50.6 Å². The number of rotatable bonds is 12. The third-order valence-corrected chi connectivity index (χ3v) is 4.46. The van der Waals surface area contributed by atoms with Crippen LogP contribution in [0.5, 0.6) is 5.75 Å². The van der Waals surface area contributed by atoms with Crippen molar-refractivity contribution in [2.75, 3.05) is 6.61 Å². The summed E-state index contributed by atoms with van der Waals surface area (Å²) in [4.78, 5) is 35.7. The zero-order chi connectivity index (χ0) is 21.9. The number of H-pyrrole nitrogens is 1. The molecule has 10 heteroatoms. The molecule has 9 nitrogen and oxygen atoms in total. The fourth-order valence-electron chi connectivity index (χ4n) is 2.60. The van der Waals surface area contributed by atoms with Crippen molar-refractivity contribution >= 4 is 30.2 Å². The van der Waals surface area contributed by atoms with Crippen molar-refractivity contribution in [1.82, 2.24) is 14.9 Å². The molecule has 160 valence electrons. The molecule has 2 aromatic rings. The molecule has 0 bridgehead atoms. The number of unbranched alkanes of at least 4 members (excludes halogenated alkanes) is 3. The molecule has 0 fully saturated rings. The highest BCUT2D eigenvalue weighted by molar-refractivity contribution is 7.71. The van der Waals surface area contributed by atoms with Crippen LogP contribution in [0.2, 0.25) is 0 Å². The Balaban J connectivity index is 2.16. The predicted octanol–water partition coefficient (Wildman–Crippen LogP) is 2.99. The molecule has 0 atom stereocenters. The molecule has 0 radical (unpaired) electrons. The van der Waals surface area contributed by atoms with E-state index in [0.29, 0.717) is 17.9 Å². The third kappa shape index (κ3) is 6.73. The van der Waals surface area contributed by atoms with Gasteiger partial charge in [0.1, 0.15) is 11.4 Å². The van der Waals surface area contributed by atoms with Crippen molar-refractivity contribution in [3.8, 4) is 5.75 Å². The number of benzene rings is 1. The molecule has 0 spiro atoms. The average Bonchev–Trinajstić information content (AvgIpc) is 2.73. The number of aliphatic carboxylic acids is 1. The standard InChI is InChI=1S/C20H24N4O5S/c1-2-3-4-7-12-29-17-9-6-5-8-14(17)16(25)13-21-24-19(28)15(10-11-18(26)27)22-23-20(24)30/h5-6,8-9,13H,2-4,7,10-12H2,1H3,(H,23,30)(H,26,27)/b21-13-. The second-order valence-electron chi connectivity index (χ2n) is 6.50. The summed E-state index contributed by atoms with van der Waals surface area (Å²) in [7, 11) is 0. The Morgan fingerprint density at radius 1 is 1.30 bits per heavy atom. The van der Waals surface area contributed by atoms with E-state index in [9.17, 15) is 14.4 Å². The van der Waals surface area contributed by atoms with E-state index in [1.807, 2.05) is 0 Å². The Kier molecular flexibility index (Phi) is 9.07. The topological polar surface area (TPSA) is 127 Å². The van der Waals surface area contributed by atoms with Crippen LogP contribution < -0.4 is 10.3 Å². The van der Waals surface area contributed by atoms with Gasteiger partial charge >= 0.3 is 5.97 Å². The molecule has 0 saturated heterocycles. The Bertz CT molecular complexity index is 1030.